The topological polar surface area (TPSA) is 197 Å². The number of methoxy groups -OCH3 is 2. The summed E-state index contributed by atoms with van der Waals surface area (Å²) in [6, 6.07) is -0.193. The van der Waals surface area contributed by atoms with Crippen molar-refractivity contribution in [2.75, 3.05) is 20.8 Å². The van der Waals surface area contributed by atoms with Gasteiger partial charge in [-0.3, -0.25) is 14.4 Å². The van der Waals surface area contributed by atoms with Crippen LogP contribution in [0.2, 0.25) is 18.1 Å². The smallest absolute Gasteiger partial charge is 0.316 e. The van der Waals surface area contributed by atoms with Gasteiger partial charge < -0.3 is 67.5 Å². The molecule has 0 saturated carbocycles. The highest BCUT2D eigenvalue weighted by atomic mass is 28.4. The van der Waals surface area contributed by atoms with Gasteiger partial charge in [0, 0.05) is 64.7 Å². The number of esters is 1. The van der Waals surface area contributed by atoms with Crippen LogP contribution < -0.4 is 10.6 Å². The number of amides is 2. The normalized spacial score (nSPS) is 42.8. The fraction of sp³-hybridized carbons (Fsp3) is 0.783. The third-order valence-electron chi connectivity index (χ3n) is 18.1. The van der Waals surface area contributed by atoms with Gasteiger partial charge in [0.15, 0.2) is 32.2 Å². The van der Waals surface area contributed by atoms with Crippen LogP contribution in [-0.2, 0) is 66.2 Å². The molecule has 4 fully saturated rings. The minimum atomic E-state index is -2.40. The number of fused-ring (bicyclic) bond motifs is 2. The van der Waals surface area contributed by atoms with E-state index in [9.17, 15) is 19.5 Å². The highest BCUT2D eigenvalue weighted by Gasteiger charge is 2.62. The Morgan fingerprint density at radius 1 is 0.910 bits per heavy atom. The molecular formula is C60H96N2O15Si. The molecule has 0 aromatic heterocycles. The molecule has 7 rings (SSSR count). The molecule has 17 nitrogen and oxygen atoms in total. The van der Waals surface area contributed by atoms with Crippen molar-refractivity contribution < 1.29 is 71.3 Å². The first-order valence-electron chi connectivity index (χ1n) is 28.8. The zero-order valence-electron chi connectivity index (χ0n) is 50.0. The van der Waals surface area contributed by atoms with Crippen molar-refractivity contribution in [1.82, 2.24) is 10.6 Å². The van der Waals surface area contributed by atoms with Gasteiger partial charge in [0.2, 0.25) is 5.91 Å². The van der Waals surface area contributed by atoms with E-state index in [1.54, 1.807) is 14.0 Å². The minimum Gasteiger partial charge on any atom is -0.462 e. The van der Waals surface area contributed by atoms with E-state index in [1.807, 2.05) is 58.1 Å². The zero-order chi connectivity index (χ0) is 57.4. The largest absolute Gasteiger partial charge is 0.462 e. The maximum absolute atomic E-state index is 14.9. The van der Waals surface area contributed by atoms with Crippen molar-refractivity contribution in [1.29, 1.82) is 0 Å². The second-order valence-electron chi connectivity index (χ2n) is 25.4. The molecule has 7 aliphatic rings. The maximum atomic E-state index is 14.9. The number of hydrogen-bond acceptors (Lipinski definition) is 15. The van der Waals surface area contributed by atoms with E-state index in [2.05, 4.69) is 91.3 Å². The number of carbonyl (C=O) groups excluding carboxylic acids is 3. The minimum absolute atomic E-state index is 0.0906. The molecule has 6 aliphatic heterocycles. The van der Waals surface area contributed by atoms with Gasteiger partial charge in [-0.2, -0.15) is 0 Å². The molecule has 0 aromatic rings. The molecule has 18 heteroatoms. The fourth-order valence-corrected chi connectivity index (χ4v) is 13.8. The second kappa shape index (κ2) is 24.8. The molecule has 1 aliphatic carbocycles. The molecule has 2 bridgehead atoms. The highest BCUT2D eigenvalue weighted by molar-refractivity contribution is 6.74. The Morgan fingerprint density at radius 3 is 2.26 bits per heavy atom. The standard InChI is InChI=1S/C60H96N2O15Si/c1-19-34(4)51-37(7)25-26-58(76-51)31-44-28-43(75-58)24-23-36(6)50(35(5)21-20-22-42-32-69-54-52(77-78(17,18)57(12,13)14)38(8)27-45(55(64)72-44)60(42,54)66)73-48-29-46(67-15)53(39(9)70-48)74-49-30-47(68-16)59(40(10)71-49,62-41(11)63)56(65)61-33(2)3/h20-23,25-27,33-35,37,39-40,43-54,66H,19,24,28-32H2,1-18H3,(H,61,65)(H,62,63)/b21-20+,36-23+,42-22+/t34-,35-,37-,39-,40-,43+,44-,45-,46-,47-,48-,49-,50-,51+,52+,53-,54+,58+,59-,60+/m0/s1. The van der Waals surface area contributed by atoms with Crippen LogP contribution in [0.1, 0.15) is 135 Å². The molecule has 20 atom stereocenters. The van der Waals surface area contributed by atoms with Gasteiger partial charge in [0.1, 0.15) is 29.8 Å². The Bertz CT molecular complexity index is 2290. The third kappa shape index (κ3) is 12.9. The van der Waals surface area contributed by atoms with Gasteiger partial charge in [-0.05, 0) is 94.8 Å². The molecule has 0 aromatic carbocycles. The average Bonchev–Trinajstić information content (AvgIpc) is 3.92. The molecular weight excluding hydrogens is 1020 g/mol. The van der Waals surface area contributed by atoms with Gasteiger partial charge in [-0.15, -0.1) is 0 Å². The lowest BCUT2D eigenvalue weighted by molar-refractivity contribution is -0.316. The second-order valence-corrected chi connectivity index (χ2v) is 30.1. The van der Waals surface area contributed by atoms with E-state index in [1.165, 1.54) is 14.0 Å². The number of hydrogen-bond donors (Lipinski definition) is 3. The van der Waals surface area contributed by atoms with Gasteiger partial charge in [-0.1, -0.05) is 91.3 Å². The Morgan fingerprint density at radius 2 is 1.62 bits per heavy atom. The van der Waals surface area contributed by atoms with Crippen LogP contribution in [0, 0.1) is 23.7 Å². The number of allylic oxidation sites excluding steroid dienone is 2. The SMILES string of the molecule is CC[C@H](C)[C@H]1O[C@]2(C=C[C@@H]1C)C[C@@H]1C[C@@H](C/C=C(\C)[C@@H](O[C@H]3C[C@H](OC)[C@@H](O[C@H]4C[C@H](OC)[C@](NC(C)=O)(C(=O)NC(C)C)[C@H](C)O4)[C@H](C)O3)[C@@H](C)/C=C/C=C3\CO[C@@H]4[C@H](O[Si](C)(C)C(C)(C)C)C(C)=C[C@@H](C(=O)O1)[C@]34O)O2. The van der Waals surface area contributed by atoms with E-state index < -0.39 is 123 Å². The molecule has 78 heavy (non-hydrogen) atoms. The van der Waals surface area contributed by atoms with E-state index in [4.69, 9.17) is 51.8 Å². The lowest BCUT2D eigenvalue weighted by atomic mass is 9.71. The summed E-state index contributed by atoms with van der Waals surface area (Å²) in [5.74, 6) is -3.37. The number of aliphatic hydroxyl groups is 1. The Balaban J connectivity index is 1.19. The molecule has 0 unspecified atom stereocenters. The predicted octanol–water partition coefficient (Wildman–Crippen LogP) is 8.45. The van der Waals surface area contributed by atoms with Crippen molar-refractivity contribution in [2.24, 2.45) is 23.7 Å². The lowest BCUT2D eigenvalue weighted by Gasteiger charge is -2.50. The van der Waals surface area contributed by atoms with Crippen molar-refractivity contribution in [2.45, 2.75) is 256 Å². The van der Waals surface area contributed by atoms with Gasteiger partial charge in [0.05, 0.1) is 55.4 Å². The highest BCUT2D eigenvalue weighted by Crippen LogP contribution is 2.50. The van der Waals surface area contributed by atoms with Crippen LogP contribution in [-0.4, -0.2) is 155 Å². The summed E-state index contributed by atoms with van der Waals surface area (Å²) in [6.45, 7) is 32.3. The quantitative estimate of drug-likeness (QED) is 0.0902. The molecule has 6 heterocycles. The Hall–Kier alpha value is -3.11. The number of carbonyl (C=O) groups is 3. The van der Waals surface area contributed by atoms with Crippen molar-refractivity contribution in [3.63, 3.8) is 0 Å². The predicted molar refractivity (Wildman–Crippen MR) is 297 cm³/mol. The summed E-state index contributed by atoms with van der Waals surface area (Å²) in [5.41, 5.74) is -0.958. The lowest BCUT2D eigenvalue weighted by Crippen LogP contribution is -2.74. The van der Waals surface area contributed by atoms with Crippen LogP contribution >= 0.6 is 0 Å². The molecule has 4 saturated heterocycles. The summed E-state index contributed by atoms with van der Waals surface area (Å²) in [5, 5.41) is 19.0. The van der Waals surface area contributed by atoms with E-state index in [-0.39, 0.29) is 48.0 Å². The van der Waals surface area contributed by atoms with Crippen LogP contribution in [0.4, 0.5) is 0 Å². The first-order chi connectivity index (χ1) is 36.5. The molecule has 440 valence electrons. The molecule has 0 radical (unpaired) electrons. The first kappa shape index (κ1) is 62.5. The van der Waals surface area contributed by atoms with Crippen LogP contribution in [0.25, 0.3) is 0 Å². The summed E-state index contributed by atoms with van der Waals surface area (Å²) in [7, 11) is 0.734. The van der Waals surface area contributed by atoms with E-state index >= 15 is 0 Å². The monoisotopic (exact) mass is 1110 g/mol. The molecule has 2 amide bonds. The number of ether oxygens (including phenoxy) is 10. The van der Waals surface area contributed by atoms with Gasteiger partial charge in [0.25, 0.3) is 5.91 Å². The van der Waals surface area contributed by atoms with E-state index in [0.717, 1.165) is 17.6 Å². The molecule has 1 spiro atoms. The fourth-order valence-electron chi connectivity index (χ4n) is 12.5. The summed E-state index contributed by atoms with van der Waals surface area (Å²) in [4.78, 5) is 41.3. The van der Waals surface area contributed by atoms with Crippen LogP contribution in [0.3, 0.4) is 0 Å². The van der Waals surface area contributed by atoms with Crippen LogP contribution in [0.5, 0.6) is 0 Å². The van der Waals surface area contributed by atoms with Crippen LogP contribution in [0.15, 0.2) is 59.3 Å². The van der Waals surface area contributed by atoms with Crippen molar-refractivity contribution in [3.8, 4) is 0 Å². The number of nitrogens with one attached hydrogen (secondary N) is 2. The Labute approximate surface area is 466 Å². The first-order valence-corrected chi connectivity index (χ1v) is 31.7. The summed E-state index contributed by atoms with van der Waals surface area (Å²) < 4.78 is 73.2. The summed E-state index contributed by atoms with van der Waals surface area (Å²) >= 11 is 0. The van der Waals surface area contributed by atoms with Gasteiger partial charge in [-0.25, -0.2) is 0 Å². The maximum Gasteiger partial charge on any atom is 0.316 e. The number of rotatable bonds is 13. The summed E-state index contributed by atoms with van der Waals surface area (Å²) in [6.07, 6.45) is 8.67. The van der Waals surface area contributed by atoms with E-state index in [0.29, 0.717) is 31.3 Å². The van der Waals surface area contributed by atoms with Crippen molar-refractivity contribution >= 4 is 26.1 Å². The third-order valence-corrected chi connectivity index (χ3v) is 22.6. The van der Waals surface area contributed by atoms with Gasteiger partial charge >= 0.3 is 5.97 Å². The Kier molecular flexibility index (Phi) is 19.8. The van der Waals surface area contributed by atoms with Crippen molar-refractivity contribution in [3.05, 3.63) is 59.3 Å². The molecule has 3 N–H and O–H groups in total. The average molecular weight is 1110 g/mol. The zero-order valence-corrected chi connectivity index (χ0v) is 51.0.